The number of hydrogen-bond donors (Lipinski definition) is 0. The lowest BCUT2D eigenvalue weighted by molar-refractivity contribution is 0.101. The number of benzene rings is 2. The topological polar surface area (TPSA) is 60.4 Å². The van der Waals surface area contributed by atoms with E-state index in [0.717, 1.165) is 0 Å². The Hall–Kier alpha value is -2.14. The van der Waals surface area contributed by atoms with Crippen molar-refractivity contribution in [1.29, 1.82) is 0 Å². The second-order valence-corrected chi connectivity index (χ2v) is 6.73. The van der Waals surface area contributed by atoms with Crippen molar-refractivity contribution in [2.45, 2.75) is 18.4 Å². The summed E-state index contributed by atoms with van der Waals surface area (Å²) in [7, 11) is -3.28. The molecule has 0 aliphatic heterocycles. The first-order valence-corrected chi connectivity index (χ1v) is 8.29. The van der Waals surface area contributed by atoms with Gasteiger partial charge in [-0.25, -0.2) is 8.42 Å². The molecular weight excluding hydrogens is 288 g/mol. The highest BCUT2D eigenvalue weighted by atomic mass is 32.2. The highest BCUT2D eigenvalue weighted by molar-refractivity contribution is 7.90. The maximum absolute atomic E-state index is 11.7. The quantitative estimate of drug-likeness (QED) is 0.797. The average molecular weight is 304 g/mol. The summed E-state index contributed by atoms with van der Waals surface area (Å²) in [6.07, 6.45) is 1.17. The van der Waals surface area contributed by atoms with Crippen molar-refractivity contribution in [2.75, 3.05) is 6.26 Å². The molecule has 0 unspecified atom stereocenters. The van der Waals surface area contributed by atoms with E-state index >= 15 is 0 Å². The molecule has 5 heteroatoms. The molecule has 0 saturated heterocycles. The molecule has 0 N–H and O–H groups in total. The van der Waals surface area contributed by atoms with Crippen molar-refractivity contribution in [3.8, 4) is 5.75 Å². The van der Waals surface area contributed by atoms with E-state index in [4.69, 9.17) is 4.74 Å². The molecule has 0 amide bonds. The lowest BCUT2D eigenvalue weighted by Gasteiger charge is -2.10. The Kier molecular flexibility index (Phi) is 4.43. The van der Waals surface area contributed by atoms with Gasteiger partial charge in [-0.1, -0.05) is 18.2 Å². The molecule has 0 aliphatic rings. The first kappa shape index (κ1) is 15.3. The molecule has 0 aliphatic carbocycles. The van der Waals surface area contributed by atoms with Crippen LogP contribution in [0.3, 0.4) is 0 Å². The minimum Gasteiger partial charge on any atom is -0.489 e. The molecule has 2 rings (SSSR count). The minimum absolute atomic E-state index is 0.0102. The van der Waals surface area contributed by atoms with Crippen LogP contribution in [0.4, 0.5) is 0 Å². The molecule has 0 bridgehead atoms. The molecule has 110 valence electrons. The van der Waals surface area contributed by atoms with Crippen LogP contribution < -0.4 is 4.74 Å². The van der Waals surface area contributed by atoms with Crippen LogP contribution in [-0.4, -0.2) is 20.5 Å². The highest BCUT2D eigenvalue weighted by Crippen LogP contribution is 2.19. The van der Waals surface area contributed by atoms with E-state index in [9.17, 15) is 13.2 Å². The summed E-state index contributed by atoms with van der Waals surface area (Å²) >= 11 is 0. The molecule has 2 aromatic carbocycles. The largest absolute Gasteiger partial charge is 0.489 e. The van der Waals surface area contributed by atoms with Crippen molar-refractivity contribution in [3.63, 3.8) is 0 Å². The van der Waals surface area contributed by atoms with Gasteiger partial charge in [-0.15, -0.1) is 0 Å². The summed E-state index contributed by atoms with van der Waals surface area (Å²) in [5, 5.41) is 0. The van der Waals surface area contributed by atoms with E-state index in [0.29, 0.717) is 16.9 Å². The summed E-state index contributed by atoms with van der Waals surface area (Å²) in [5.41, 5.74) is 1.22. The fraction of sp³-hybridized carbons (Fsp3) is 0.188. The van der Waals surface area contributed by atoms with Crippen LogP contribution >= 0.6 is 0 Å². The summed E-state index contributed by atoms with van der Waals surface area (Å²) in [5.74, 6) is 0.576. The fourth-order valence-corrected chi connectivity index (χ4v) is 2.86. The van der Waals surface area contributed by atoms with Gasteiger partial charge in [0, 0.05) is 17.4 Å². The van der Waals surface area contributed by atoms with Crippen molar-refractivity contribution in [2.24, 2.45) is 0 Å². The number of carbonyl (C=O) groups excluding carboxylic acids is 1. The molecule has 0 heterocycles. The Morgan fingerprint density at radius 2 is 1.67 bits per heavy atom. The van der Waals surface area contributed by atoms with Gasteiger partial charge in [0.25, 0.3) is 0 Å². The molecule has 4 nitrogen and oxygen atoms in total. The van der Waals surface area contributed by atoms with Crippen molar-refractivity contribution in [1.82, 2.24) is 0 Å². The van der Waals surface area contributed by atoms with Gasteiger partial charge in [-0.3, -0.25) is 4.79 Å². The molecule has 0 aromatic heterocycles. The maximum Gasteiger partial charge on any atom is 0.175 e. The lowest BCUT2D eigenvalue weighted by Crippen LogP contribution is -2.05. The zero-order chi connectivity index (χ0) is 15.5. The summed E-state index contributed by atoms with van der Waals surface area (Å²) < 4.78 is 29.0. The van der Waals surface area contributed by atoms with E-state index in [1.54, 1.807) is 48.5 Å². The van der Waals surface area contributed by atoms with Gasteiger partial charge in [0.1, 0.15) is 12.4 Å². The van der Waals surface area contributed by atoms with Crippen LogP contribution in [0.15, 0.2) is 53.4 Å². The zero-order valence-corrected chi connectivity index (χ0v) is 12.7. The number of sulfone groups is 1. The smallest absolute Gasteiger partial charge is 0.175 e. The van der Waals surface area contributed by atoms with E-state index in [1.165, 1.54) is 13.2 Å². The van der Waals surface area contributed by atoms with Crippen molar-refractivity contribution >= 4 is 15.6 Å². The molecule has 0 fully saturated rings. The molecule has 0 atom stereocenters. The van der Waals surface area contributed by atoms with E-state index in [2.05, 4.69) is 0 Å². The number of rotatable bonds is 5. The van der Waals surface area contributed by atoms with E-state index < -0.39 is 9.84 Å². The summed E-state index contributed by atoms with van der Waals surface area (Å²) in [6, 6.07) is 13.5. The van der Waals surface area contributed by atoms with Gasteiger partial charge < -0.3 is 4.74 Å². The van der Waals surface area contributed by atoms with Gasteiger partial charge >= 0.3 is 0 Å². The van der Waals surface area contributed by atoms with E-state index in [-0.39, 0.29) is 17.3 Å². The summed E-state index contributed by atoms with van der Waals surface area (Å²) in [4.78, 5) is 11.5. The number of ether oxygens (including phenoxy) is 1. The van der Waals surface area contributed by atoms with Crippen LogP contribution in [0, 0.1) is 0 Å². The van der Waals surface area contributed by atoms with Crippen LogP contribution in [-0.2, 0) is 16.4 Å². The van der Waals surface area contributed by atoms with Gasteiger partial charge in [-0.2, -0.15) is 0 Å². The predicted molar refractivity (Wildman–Crippen MR) is 80.3 cm³/mol. The third-order valence-electron chi connectivity index (χ3n) is 3.03. The van der Waals surface area contributed by atoms with Crippen LogP contribution in [0.2, 0.25) is 0 Å². The van der Waals surface area contributed by atoms with E-state index in [1.807, 2.05) is 0 Å². The van der Waals surface area contributed by atoms with Gasteiger partial charge in [0.15, 0.2) is 15.6 Å². The molecule has 21 heavy (non-hydrogen) atoms. The predicted octanol–water partition coefficient (Wildman–Crippen LogP) is 2.87. The third kappa shape index (κ3) is 3.92. The Morgan fingerprint density at radius 1 is 1.05 bits per heavy atom. The second kappa shape index (κ2) is 6.10. The Balaban J connectivity index is 2.15. The number of ketones is 1. The van der Waals surface area contributed by atoms with Crippen LogP contribution in [0.5, 0.6) is 5.75 Å². The Bertz CT molecular complexity index is 746. The lowest BCUT2D eigenvalue weighted by atomic mass is 10.1. The van der Waals surface area contributed by atoms with Crippen molar-refractivity contribution in [3.05, 3.63) is 59.7 Å². The summed E-state index contributed by atoms with van der Waals surface area (Å²) in [6.45, 7) is 1.65. The standard InChI is InChI=1S/C16H16O4S/c1-12(17)13-7-9-15(10-8-13)20-11-14-5-3-4-6-16(14)21(2,18)19/h3-10H,11H2,1-2H3. The number of hydrogen-bond acceptors (Lipinski definition) is 4. The third-order valence-corrected chi connectivity index (χ3v) is 4.22. The Labute approximate surface area is 124 Å². The fourth-order valence-electron chi connectivity index (χ4n) is 1.93. The van der Waals surface area contributed by atoms with Crippen molar-refractivity contribution < 1.29 is 17.9 Å². The monoisotopic (exact) mass is 304 g/mol. The molecule has 0 saturated carbocycles. The maximum atomic E-state index is 11.7. The number of Topliss-reactive ketones (excluding diaryl/α,β-unsaturated/α-hetero) is 1. The SMILES string of the molecule is CC(=O)c1ccc(OCc2ccccc2S(C)(=O)=O)cc1. The zero-order valence-electron chi connectivity index (χ0n) is 11.9. The van der Waals surface area contributed by atoms with Crippen LogP contribution in [0.1, 0.15) is 22.8 Å². The van der Waals surface area contributed by atoms with Gasteiger partial charge in [-0.05, 0) is 37.3 Å². The first-order chi connectivity index (χ1) is 9.88. The van der Waals surface area contributed by atoms with Gasteiger partial charge in [0.2, 0.25) is 0 Å². The molecule has 2 aromatic rings. The molecule has 0 spiro atoms. The number of carbonyl (C=O) groups is 1. The normalized spacial score (nSPS) is 11.1. The first-order valence-electron chi connectivity index (χ1n) is 6.39. The second-order valence-electron chi connectivity index (χ2n) is 4.75. The van der Waals surface area contributed by atoms with Crippen LogP contribution in [0.25, 0.3) is 0 Å². The van der Waals surface area contributed by atoms with Gasteiger partial charge in [0.05, 0.1) is 4.90 Å². The Morgan fingerprint density at radius 3 is 2.24 bits per heavy atom. The molecule has 0 radical (unpaired) electrons. The average Bonchev–Trinajstić information content (AvgIpc) is 2.45. The highest BCUT2D eigenvalue weighted by Gasteiger charge is 2.12. The minimum atomic E-state index is -3.28. The molecular formula is C16H16O4S.